The molecule has 94 valence electrons. The second-order valence-electron chi connectivity index (χ2n) is 3.34. The molecule has 19 heavy (non-hydrogen) atoms. The van der Waals surface area contributed by atoms with Crippen LogP contribution in [0.5, 0.6) is 11.6 Å². The van der Waals surface area contributed by atoms with Crippen LogP contribution in [-0.2, 0) is 0 Å². The van der Waals surface area contributed by atoms with Crippen molar-refractivity contribution in [2.24, 2.45) is 0 Å². The number of nitro benzene ring substituents is 1. The number of nitrogens with zero attached hydrogens (tertiary/aromatic N) is 4. The van der Waals surface area contributed by atoms with Gasteiger partial charge in [0, 0.05) is 6.07 Å². The van der Waals surface area contributed by atoms with E-state index in [1.807, 2.05) is 0 Å². The Morgan fingerprint density at radius 3 is 2.84 bits per heavy atom. The van der Waals surface area contributed by atoms with Gasteiger partial charge in [0.05, 0.1) is 17.2 Å². The molecule has 0 N–H and O–H groups in total. The van der Waals surface area contributed by atoms with E-state index >= 15 is 0 Å². The van der Waals surface area contributed by atoms with Crippen LogP contribution in [-0.4, -0.2) is 15.1 Å². The summed E-state index contributed by atoms with van der Waals surface area (Å²) in [6.07, 6.45) is 1.29. The number of nitriles is 1. The van der Waals surface area contributed by atoms with E-state index in [4.69, 9.17) is 10.00 Å². The Bertz CT molecular complexity index is 684. The van der Waals surface area contributed by atoms with Crippen LogP contribution >= 0.6 is 0 Å². The van der Waals surface area contributed by atoms with Gasteiger partial charge in [0.2, 0.25) is 0 Å². The first kappa shape index (κ1) is 12.4. The molecule has 1 heterocycles. The Kier molecular flexibility index (Phi) is 3.29. The van der Waals surface area contributed by atoms with E-state index in [0.717, 1.165) is 18.2 Å². The van der Waals surface area contributed by atoms with Gasteiger partial charge in [-0.3, -0.25) is 10.1 Å². The van der Waals surface area contributed by atoms with Crippen LogP contribution in [0.3, 0.4) is 0 Å². The van der Waals surface area contributed by atoms with Gasteiger partial charge in [-0.05, 0) is 12.1 Å². The molecule has 1 aromatic heterocycles. The van der Waals surface area contributed by atoms with Gasteiger partial charge in [0.1, 0.15) is 11.6 Å². The molecule has 0 aliphatic carbocycles. The smallest absolute Gasteiger partial charge is 0.272 e. The summed E-state index contributed by atoms with van der Waals surface area (Å²) in [4.78, 5) is 9.73. The SMILES string of the molecule is N#Cc1ccnnc1Oc1ccc([N+](=O)[O-])cc1F. The predicted molar refractivity (Wildman–Crippen MR) is 59.9 cm³/mol. The molecule has 8 heteroatoms. The van der Waals surface area contributed by atoms with E-state index in [1.165, 1.54) is 12.3 Å². The van der Waals surface area contributed by atoms with Crippen molar-refractivity contribution in [2.45, 2.75) is 0 Å². The van der Waals surface area contributed by atoms with Crippen LogP contribution in [0.15, 0.2) is 30.5 Å². The molecule has 7 nitrogen and oxygen atoms in total. The third-order valence-corrected chi connectivity index (χ3v) is 2.14. The Morgan fingerprint density at radius 1 is 1.42 bits per heavy atom. The number of rotatable bonds is 3. The van der Waals surface area contributed by atoms with Crippen molar-refractivity contribution in [3.05, 3.63) is 52.0 Å². The molecule has 0 bridgehead atoms. The van der Waals surface area contributed by atoms with Crippen molar-refractivity contribution in [3.63, 3.8) is 0 Å². The van der Waals surface area contributed by atoms with Gasteiger partial charge in [-0.15, -0.1) is 5.10 Å². The van der Waals surface area contributed by atoms with Crippen LogP contribution in [0.2, 0.25) is 0 Å². The molecule has 0 spiro atoms. The second-order valence-corrected chi connectivity index (χ2v) is 3.34. The number of aromatic nitrogens is 2. The molecule has 0 aliphatic rings. The first-order valence-corrected chi connectivity index (χ1v) is 4.95. The summed E-state index contributed by atoms with van der Waals surface area (Å²) in [7, 11) is 0. The van der Waals surface area contributed by atoms with E-state index in [9.17, 15) is 14.5 Å². The minimum Gasteiger partial charge on any atom is -0.433 e. The number of ether oxygens (including phenoxy) is 1. The maximum Gasteiger partial charge on any atom is 0.272 e. The lowest BCUT2D eigenvalue weighted by atomic mass is 10.3. The van der Waals surface area contributed by atoms with Crippen molar-refractivity contribution in [3.8, 4) is 17.7 Å². The quantitative estimate of drug-likeness (QED) is 0.619. The lowest BCUT2D eigenvalue weighted by Gasteiger charge is -2.05. The molecule has 0 atom stereocenters. The Morgan fingerprint density at radius 2 is 2.21 bits per heavy atom. The molecule has 0 saturated carbocycles. The summed E-state index contributed by atoms with van der Waals surface area (Å²) in [5.74, 6) is -1.37. The van der Waals surface area contributed by atoms with E-state index in [0.29, 0.717) is 0 Å². The lowest BCUT2D eigenvalue weighted by Crippen LogP contribution is -1.96. The summed E-state index contributed by atoms with van der Waals surface area (Å²) < 4.78 is 18.6. The predicted octanol–water partition coefficient (Wildman–Crippen LogP) is 2.19. The van der Waals surface area contributed by atoms with Gasteiger partial charge in [0.25, 0.3) is 11.6 Å². The summed E-state index contributed by atoms with van der Waals surface area (Å²) in [6, 6.07) is 6.05. The van der Waals surface area contributed by atoms with Gasteiger partial charge in [0.15, 0.2) is 11.6 Å². The second kappa shape index (κ2) is 5.05. The van der Waals surface area contributed by atoms with E-state index in [2.05, 4.69) is 10.2 Å². The molecule has 2 rings (SSSR count). The molecular formula is C11H5FN4O3. The Labute approximate surface area is 106 Å². The molecule has 0 amide bonds. The van der Waals surface area contributed by atoms with E-state index in [1.54, 1.807) is 6.07 Å². The van der Waals surface area contributed by atoms with Crippen molar-refractivity contribution in [2.75, 3.05) is 0 Å². The highest BCUT2D eigenvalue weighted by molar-refractivity contribution is 5.42. The number of hydrogen-bond donors (Lipinski definition) is 0. The molecule has 0 saturated heterocycles. The van der Waals surface area contributed by atoms with Gasteiger partial charge in [-0.25, -0.2) is 4.39 Å². The number of nitro groups is 1. The lowest BCUT2D eigenvalue weighted by molar-refractivity contribution is -0.385. The van der Waals surface area contributed by atoms with Crippen LogP contribution in [0.4, 0.5) is 10.1 Å². The Balaban J connectivity index is 2.34. The fraction of sp³-hybridized carbons (Fsp3) is 0. The van der Waals surface area contributed by atoms with Gasteiger partial charge >= 0.3 is 0 Å². The minimum atomic E-state index is -0.927. The maximum absolute atomic E-state index is 13.6. The zero-order valence-electron chi connectivity index (χ0n) is 9.28. The normalized spacial score (nSPS) is 9.68. The number of non-ortho nitro benzene ring substituents is 1. The zero-order chi connectivity index (χ0) is 13.8. The zero-order valence-corrected chi connectivity index (χ0v) is 9.28. The fourth-order valence-electron chi connectivity index (χ4n) is 1.27. The highest BCUT2D eigenvalue weighted by Gasteiger charge is 2.14. The summed E-state index contributed by atoms with van der Waals surface area (Å²) in [5, 5.41) is 26.3. The van der Waals surface area contributed by atoms with Crippen molar-refractivity contribution in [1.82, 2.24) is 10.2 Å². The third kappa shape index (κ3) is 2.61. The van der Waals surface area contributed by atoms with Gasteiger partial charge in [-0.2, -0.15) is 10.4 Å². The average molecular weight is 260 g/mol. The average Bonchev–Trinajstić information content (AvgIpc) is 2.41. The minimum absolute atomic E-state index is 0.0766. The van der Waals surface area contributed by atoms with Crippen molar-refractivity contribution >= 4 is 5.69 Å². The monoisotopic (exact) mass is 260 g/mol. The number of halogens is 1. The first-order valence-electron chi connectivity index (χ1n) is 4.95. The summed E-state index contributed by atoms with van der Waals surface area (Å²) in [6.45, 7) is 0. The highest BCUT2D eigenvalue weighted by atomic mass is 19.1. The standard InChI is InChI=1S/C11H5FN4O3/c12-9-5-8(16(17)18)1-2-10(9)19-11-7(6-13)3-4-14-15-11/h1-5H. The first-order chi connectivity index (χ1) is 9.11. The van der Waals surface area contributed by atoms with Crippen LogP contribution in [0.25, 0.3) is 0 Å². The van der Waals surface area contributed by atoms with Gasteiger partial charge in [-0.1, -0.05) is 0 Å². The number of benzene rings is 1. The molecule has 2 aromatic rings. The van der Waals surface area contributed by atoms with Gasteiger partial charge < -0.3 is 4.74 Å². The highest BCUT2D eigenvalue weighted by Crippen LogP contribution is 2.27. The Hall–Kier alpha value is -3.08. The molecule has 0 aliphatic heterocycles. The largest absolute Gasteiger partial charge is 0.433 e. The molecule has 0 fully saturated rings. The topological polar surface area (TPSA) is 102 Å². The third-order valence-electron chi connectivity index (χ3n) is 2.14. The van der Waals surface area contributed by atoms with Crippen molar-refractivity contribution in [1.29, 1.82) is 5.26 Å². The fourth-order valence-corrected chi connectivity index (χ4v) is 1.27. The number of hydrogen-bond acceptors (Lipinski definition) is 6. The molecular weight excluding hydrogens is 255 g/mol. The van der Waals surface area contributed by atoms with Crippen LogP contribution < -0.4 is 4.74 Å². The van der Waals surface area contributed by atoms with E-state index in [-0.39, 0.29) is 17.2 Å². The molecule has 0 unspecified atom stereocenters. The van der Waals surface area contributed by atoms with Crippen LogP contribution in [0, 0.1) is 27.3 Å². The molecule has 0 radical (unpaired) electrons. The summed E-state index contributed by atoms with van der Waals surface area (Å²) in [5.41, 5.74) is -0.322. The van der Waals surface area contributed by atoms with E-state index < -0.39 is 16.4 Å². The van der Waals surface area contributed by atoms with Crippen LogP contribution in [0.1, 0.15) is 5.56 Å². The molecule has 1 aromatic carbocycles. The summed E-state index contributed by atoms with van der Waals surface area (Å²) >= 11 is 0. The van der Waals surface area contributed by atoms with Crippen molar-refractivity contribution < 1.29 is 14.1 Å². The maximum atomic E-state index is 13.6.